The number of nitrogen functional groups attached to an aromatic ring is 1. The van der Waals surface area contributed by atoms with Gasteiger partial charge in [-0.25, -0.2) is 0 Å². The lowest BCUT2D eigenvalue weighted by Crippen LogP contribution is -2.09. The van der Waals surface area contributed by atoms with Crippen LogP contribution in [0, 0.1) is 6.92 Å². The van der Waals surface area contributed by atoms with Gasteiger partial charge in [-0.1, -0.05) is 6.07 Å². The van der Waals surface area contributed by atoms with E-state index in [4.69, 9.17) is 15.2 Å². The van der Waals surface area contributed by atoms with E-state index in [9.17, 15) is 4.79 Å². The number of ether oxygens (including phenoxy) is 2. The summed E-state index contributed by atoms with van der Waals surface area (Å²) in [5, 5.41) is 2.83. The molecule has 0 bridgehead atoms. The highest BCUT2D eigenvalue weighted by atomic mass is 16.5. The van der Waals surface area contributed by atoms with Crippen molar-refractivity contribution >= 4 is 23.4 Å². The number of benzene rings is 2. The van der Waals surface area contributed by atoms with E-state index in [0.717, 1.165) is 16.8 Å². The number of carbonyl (C=O) groups excluding carboxylic acids is 1. The van der Waals surface area contributed by atoms with Gasteiger partial charge in [-0.05, 0) is 61.4 Å². The molecule has 5 heteroatoms. The molecule has 0 unspecified atom stereocenters. The van der Waals surface area contributed by atoms with Crippen molar-refractivity contribution in [3.05, 3.63) is 53.6 Å². The molecule has 0 spiro atoms. The molecule has 2 aromatic carbocycles. The van der Waals surface area contributed by atoms with E-state index in [1.807, 2.05) is 38.1 Å². The van der Waals surface area contributed by atoms with Gasteiger partial charge in [-0.2, -0.15) is 0 Å². The van der Waals surface area contributed by atoms with Crippen LogP contribution in [0.5, 0.6) is 11.5 Å². The largest absolute Gasteiger partial charge is 0.493 e. The molecule has 0 aliphatic rings. The fraction of sp³-hybridized carbons (Fsp3) is 0.211. The molecule has 0 aliphatic carbocycles. The standard InChI is InChI=1S/C19H22N2O3/c1-4-24-17-9-5-14(12-18(17)23-3)6-10-19(22)21-16-8-7-15(20)11-13(16)2/h5-12H,4,20H2,1-3H3,(H,21,22)/b10-6+. The van der Waals surface area contributed by atoms with Gasteiger partial charge in [0.25, 0.3) is 0 Å². The number of carbonyl (C=O) groups is 1. The number of hydrogen-bond acceptors (Lipinski definition) is 4. The first kappa shape index (κ1) is 17.4. The highest BCUT2D eigenvalue weighted by molar-refractivity contribution is 6.02. The summed E-state index contributed by atoms with van der Waals surface area (Å²) in [7, 11) is 1.59. The zero-order valence-corrected chi connectivity index (χ0v) is 14.1. The fourth-order valence-electron chi connectivity index (χ4n) is 2.24. The third kappa shape index (κ3) is 4.52. The zero-order chi connectivity index (χ0) is 17.5. The minimum atomic E-state index is -0.212. The van der Waals surface area contributed by atoms with Crippen LogP contribution in [0.1, 0.15) is 18.1 Å². The Kier molecular flexibility index (Phi) is 5.84. The maximum Gasteiger partial charge on any atom is 0.248 e. The summed E-state index contributed by atoms with van der Waals surface area (Å²) in [6, 6.07) is 10.9. The Hall–Kier alpha value is -2.95. The monoisotopic (exact) mass is 326 g/mol. The van der Waals surface area contributed by atoms with Crippen LogP contribution < -0.4 is 20.5 Å². The van der Waals surface area contributed by atoms with Gasteiger partial charge in [-0.15, -0.1) is 0 Å². The number of hydrogen-bond donors (Lipinski definition) is 2. The van der Waals surface area contributed by atoms with Crippen molar-refractivity contribution in [2.45, 2.75) is 13.8 Å². The summed E-state index contributed by atoms with van der Waals surface area (Å²) in [5.41, 5.74) is 8.88. The molecule has 24 heavy (non-hydrogen) atoms. The van der Waals surface area contributed by atoms with Crippen LogP contribution in [0.15, 0.2) is 42.5 Å². The van der Waals surface area contributed by atoms with E-state index in [1.165, 1.54) is 6.08 Å². The number of anilines is 2. The second-order valence-electron chi connectivity index (χ2n) is 5.24. The van der Waals surface area contributed by atoms with Crippen molar-refractivity contribution in [3.8, 4) is 11.5 Å². The van der Waals surface area contributed by atoms with Crippen molar-refractivity contribution in [3.63, 3.8) is 0 Å². The van der Waals surface area contributed by atoms with Gasteiger partial charge in [-0.3, -0.25) is 4.79 Å². The van der Waals surface area contributed by atoms with E-state index < -0.39 is 0 Å². The Morgan fingerprint density at radius 3 is 2.67 bits per heavy atom. The number of rotatable bonds is 6. The summed E-state index contributed by atoms with van der Waals surface area (Å²) in [4.78, 5) is 12.1. The Morgan fingerprint density at radius 1 is 1.21 bits per heavy atom. The first-order valence-electron chi connectivity index (χ1n) is 7.69. The first-order chi connectivity index (χ1) is 11.5. The van der Waals surface area contributed by atoms with Crippen LogP contribution >= 0.6 is 0 Å². The molecule has 0 saturated heterocycles. The van der Waals surface area contributed by atoms with E-state index in [-0.39, 0.29) is 5.91 Å². The van der Waals surface area contributed by atoms with Gasteiger partial charge in [0.1, 0.15) is 0 Å². The van der Waals surface area contributed by atoms with Crippen molar-refractivity contribution in [1.82, 2.24) is 0 Å². The van der Waals surface area contributed by atoms with Gasteiger partial charge in [0, 0.05) is 17.5 Å². The highest BCUT2D eigenvalue weighted by Crippen LogP contribution is 2.28. The molecule has 126 valence electrons. The van der Waals surface area contributed by atoms with Crippen molar-refractivity contribution in [1.29, 1.82) is 0 Å². The van der Waals surface area contributed by atoms with Crippen LogP contribution in [-0.4, -0.2) is 19.6 Å². The maximum atomic E-state index is 12.1. The second-order valence-corrected chi connectivity index (χ2v) is 5.24. The molecule has 1 amide bonds. The van der Waals surface area contributed by atoms with E-state index in [2.05, 4.69) is 5.32 Å². The zero-order valence-electron chi connectivity index (χ0n) is 14.1. The molecule has 0 radical (unpaired) electrons. The predicted octanol–water partition coefficient (Wildman–Crippen LogP) is 3.64. The number of nitrogens with two attached hydrogens (primary N) is 1. The van der Waals surface area contributed by atoms with Crippen LogP contribution in [0.25, 0.3) is 6.08 Å². The number of amides is 1. The number of aryl methyl sites for hydroxylation is 1. The Balaban J connectivity index is 2.08. The van der Waals surface area contributed by atoms with Crippen LogP contribution in [-0.2, 0) is 4.79 Å². The first-order valence-corrected chi connectivity index (χ1v) is 7.69. The average molecular weight is 326 g/mol. The molecule has 3 N–H and O–H groups in total. The molecule has 2 aromatic rings. The van der Waals surface area contributed by atoms with Gasteiger partial charge >= 0.3 is 0 Å². The summed E-state index contributed by atoms with van der Waals surface area (Å²) >= 11 is 0. The summed E-state index contributed by atoms with van der Waals surface area (Å²) in [5.74, 6) is 1.10. The average Bonchev–Trinajstić information content (AvgIpc) is 2.56. The third-order valence-electron chi connectivity index (χ3n) is 3.42. The van der Waals surface area contributed by atoms with Gasteiger partial charge in [0.05, 0.1) is 13.7 Å². The maximum absolute atomic E-state index is 12.1. The van der Waals surface area contributed by atoms with Gasteiger partial charge in [0.15, 0.2) is 11.5 Å². The SMILES string of the molecule is CCOc1ccc(/C=C/C(=O)Nc2ccc(N)cc2C)cc1OC. The van der Waals surface area contributed by atoms with Gasteiger partial charge in [0.2, 0.25) is 5.91 Å². The molecular weight excluding hydrogens is 304 g/mol. The predicted molar refractivity (Wildman–Crippen MR) is 97.4 cm³/mol. The molecular formula is C19H22N2O3. The van der Waals surface area contributed by atoms with E-state index in [1.54, 1.807) is 25.3 Å². The minimum Gasteiger partial charge on any atom is -0.493 e. The number of methoxy groups -OCH3 is 1. The second kappa shape index (κ2) is 8.06. The normalized spacial score (nSPS) is 10.6. The fourth-order valence-corrected chi connectivity index (χ4v) is 2.24. The molecule has 0 saturated carbocycles. The Morgan fingerprint density at radius 2 is 2.00 bits per heavy atom. The Bertz CT molecular complexity index is 754. The molecule has 0 fully saturated rings. The molecule has 0 heterocycles. The van der Waals surface area contributed by atoms with Gasteiger partial charge < -0.3 is 20.5 Å². The Labute approximate surface area is 142 Å². The molecule has 2 rings (SSSR count). The van der Waals surface area contributed by atoms with Crippen LogP contribution in [0.4, 0.5) is 11.4 Å². The summed E-state index contributed by atoms with van der Waals surface area (Å²) in [6.45, 7) is 4.37. The minimum absolute atomic E-state index is 0.212. The lowest BCUT2D eigenvalue weighted by Gasteiger charge is -2.09. The molecule has 0 aromatic heterocycles. The molecule has 5 nitrogen and oxygen atoms in total. The lowest BCUT2D eigenvalue weighted by atomic mass is 10.1. The third-order valence-corrected chi connectivity index (χ3v) is 3.42. The van der Waals surface area contributed by atoms with Crippen molar-refractivity contribution in [2.75, 3.05) is 24.8 Å². The topological polar surface area (TPSA) is 73.6 Å². The molecule has 0 aliphatic heterocycles. The lowest BCUT2D eigenvalue weighted by molar-refractivity contribution is -0.111. The van der Waals surface area contributed by atoms with Crippen molar-refractivity contribution < 1.29 is 14.3 Å². The van der Waals surface area contributed by atoms with E-state index in [0.29, 0.717) is 23.8 Å². The highest BCUT2D eigenvalue weighted by Gasteiger charge is 2.05. The van der Waals surface area contributed by atoms with Crippen LogP contribution in [0.2, 0.25) is 0 Å². The van der Waals surface area contributed by atoms with Crippen molar-refractivity contribution in [2.24, 2.45) is 0 Å². The van der Waals surface area contributed by atoms with Crippen LogP contribution in [0.3, 0.4) is 0 Å². The number of nitrogens with one attached hydrogen (secondary N) is 1. The van der Waals surface area contributed by atoms with E-state index >= 15 is 0 Å². The molecule has 0 atom stereocenters. The summed E-state index contributed by atoms with van der Waals surface area (Å²) in [6.07, 6.45) is 3.20. The summed E-state index contributed by atoms with van der Waals surface area (Å²) < 4.78 is 10.8. The smallest absolute Gasteiger partial charge is 0.248 e. The quantitative estimate of drug-likeness (QED) is 0.628.